The fourth-order valence-corrected chi connectivity index (χ4v) is 5.13. The van der Waals surface area contributed by atoms with Crippen LogP contribution in [-0.2, 0) is 20.7 Å². The number of rotatable bonds is 15. The number of carboxylic acids is 2. The Balaban J connectivity index is 0.000000742. The lowest BCUT2D eigenvalue weighted by molar-refractivity contribution is -0.134. The Morgan fingerprint density at radius 2 is 1.84 bits per heavy atom. The van der Waals surface area contributed by atoms with E-state index in [1.807, 2.05) is 4.90 Å². The Kier molecular flexibility index (Phi) is 15.7. The quantitative estimate of drug-likeness (QED) is 0.172. The molecule has 13 heteroatoms. The van der Waals surface area contributed by atoms with Crippen LogP contribution in [0.5, 0.6) is 0 Å². The number of aliphatic hydroxyl groups is 1. The molecule has 3 atom stereocenters. The minimum atomic E-state index is -1.26. The number of halogens is 1. The maximum absolute atomic E-state index is 14.7. The van der Waals surface area contributed by atoms with Crippen molar-refractivity contribution in [2.45, 2.75) is 71.4 Å². The van der Waals surface area contributed by atoms with Gasteiger partial charge in [0, 0.05) is 51.5 Å². The number of amides is 1. The molecule has 1 aliphatic rings. The Hall–Kier alpha value is -3.68. The number of carboxylic acid groups (broad SMARTS) is 2. The Labute approximate surface area is 257 Å². The molecule has 1 aromatic carbocycles. The predicted octanol–water partition coefficient (Wildman–Crippen LogP) is 3.32. The number of aliphatic hydroxyl groups excluding tert-OH is 1. The van der Waals surface area contributed by atoms with Gasteiger partial charge in [-0.25, -0.2) is 18.7 Å². The van der Waals surface area contributed by atoms with Crippen molar-refractivity contribution in [2.24, 2.45) is 11.8 Å². The zero-order chi connectivity index (χ0) is 32.6. The van der Waals surface area contributed by atoms with Gasteiger partial charge in [-0.05, 0) is 56.1 Å². The molecule has 0 saturated carbocycles. The SMILES string of the molecule is CCCC(O)[C@H]1CNC[C@@H](N(CC(C)C)C(=O)c2nnn(-c3ccccc3F)c2CCCCOC)C1.O=C(O)/C=C/C(=O)O. The average Bonchev–Trinajstić information content (AvgIpc) is 3.41. The molecule has 0 radical (unpaired) electrons. The second kappa shape index (κ2) is 18.9. The molecule has 3 rings (SSSR count). The van der Waals surface area contributed by atoms with Crippen LogP contribution in [0.15, 0.2) is 36.4 Å². The number of aliphatic carboxylic acids is 2. The molecule has 0 aliphatic carbocycles. The topological polar surface area (TPSA) is 167 Å². The molecule has 244 valence electrons. The summed E-state index contributed by atoms with van der Waals surface area (Å²) >= 11 is 0. The van der Waals surface area contributed by atoms with Crippen LogP contribution in [0.2, 0.25) is 0 Å². The first-order valence-electron chi connectivity index (χ1n) is 15.0. The number of ether oxygens (including phenoxy) is 1. The zero-order valence-corrected chi connectivity index (χ0v) is 26.0. The minimum absolute atomic E-state index is 0.0647. The van der Waals surface area contributed by atoms with E-state index in [9.17, 15) is 23.9 Å². The molecular weight excluding hydrogens is 573 g/mol. The molecule has 1 aliphatic heterocycles. The Morgan fingerprint density at radius 3 is 2.43 bits per heavy atom. The molecule has 1 aromatic heterocycles. The van der Waals surface area contributed by atoms with Crippen LogP contribution in [0.1, 0.15) is 69.1 Å². The lowest BCUT2D eigenvalue weighted by Crippen LogP contribution is -2.54. The zero-order valence-electron chi connectivity index (χ0n) is 26.0. The van der Waals surface area contributed by atoms with Gasteiger partial charge in [-0.2, -0.15) is 0 Å². The summed E-state index contributed by atoms with van der Waals surface area (Å²) in [6.45, 7) is 8.83. The first-order chi connectivity index (χ1) is 21.0. The van der Waals surface area contributed by atoms with Crippen molar-refractivity contribution in [1.82, 2.24) is 25.2 Å². The highest BCUT2D eigenvalue weighted by molar-refractivity contribution is 5.93. The van der Waals surface area contributed by atoms with Gasteiger partial charge in [0.1, 0.15) is 11.5 Å². The summed E-state index contributed by atoms with van der Waals surface area (Å²) in [5, 5.41) is 38.2. The molecule has 4 N–H and O–H groups in total. The van der Waals surface area contributed by atoms with E-state index in [-0.39, 0.29) is 41.3 Å². The molecule has 12 nitrogen and oxygen atoms in total. The highest BCUT2D eigenvalue weighted by Crippen LogP contribution is 2.25. The second-order valence-corrected chi connectivity index (χ2v) is 11.2. The predicted molar refractivity (Wildman–Crippen MR) is 162 cm³/mol. The van der Waals surface area contributed by atoms with E-state index < -0.39 is 17.8 Å². The minimum Gasteiger partial charge on any atom is -0.478 e. The number of aromatic nitrogens is 3. The van der Waals surface area contributed by atoms with E-state index in [0.29, 0.717) is 44.0 Å². The van der Waals surface area contributed by atoms with Crippen LogP contribution < -0.4 is 5.32 Å². The first kappa shape index (κ1) is 36.5. The Bertz CT molecular complexity index is 1220. The van der Waals surface area contributed by atoms with Gasteiger partial charge in [0.25, 0.3) is 5.91 Å². The van der Waals surface area contributed by atoms with Crippen LogP contribution in [0.3, 0.4) is 0 Å². The summed E-state index contributed by atoms with van der Waals surface area (Å²) in [5.41, 5.74) is 1.16. The van der Waals surface area contributed by atoms with Gasteiger partial charge in [0.2, 0.25) is 0 Å². The third-order valence-electron chi connectivity index (χ3n) is 7.18. The molecule has 44 heavy (non-hydrogen) atoms. The summed E-state index contributed by atoms with van der Waals surface area (Å²) in [6, 6.07) is 6.34. The highest BCUT2D eigenvalue weighted by Gasteiger charge is 2.35. The summed E-state index contributed by atoms with van der Waals surface area (Å²) in [6.07, 6.45) is 5.23. The first-order valence-corrected chi connectivity index (χ1v) is 15.0. The number of methoxy groups -OCH3 is 1. The molecule has 0 bridgehead atoms. The van der Waals surface area contributed by atoms with E-state index in [2.05, 4.69) is 36.4 Å². The second-order valence-electron chi connectivity index (χ2n) is 11.2. The van der Waals surface area contributed by atoms with Gasteiger partial charge in [-0.3, -0.25) is 4.79 Å². The third kappa shape index (κ3) is 11.4. The van der Waals surface area contributed by atoms with E-state index in [0.717, 1.165) is 38.6 Å². The molecule has 0 spiro atoms. The smallest absolute Gasteiger partial charge is 0.328 e. The number of para-hydroxylation sites is 1. The number of benzene rings is 1. The molecular formula is C31H46FN5O7. The van der Waals surface area contributed by atoms with Crippen LogP contribution in [0, 0.1) is 17.7 Å². The third-order valence-corrected chi connectivity index (χ3v) is 7.18. The van der Waals surface area contributed by atoms with Crippen molar-refractivity contribution in [3.8, 4) is 5.69 Å². The number of piperidine rings is 1. The molecule has 2 heterocycles. The van der Waals surface area contributed by atoms with Crippen molar-refractivity contribution in [1.29, 1.82) is 0 Å². The molecule has 1 saturated heterocycles. The summed E-state index contributed by atoms with van der Waals surface area (Å²) in [5.74, 6) is -2.77. The van der Waals surface area contributed by atoms with Crippen molar-refractivity contribution < 1.29 is 38.8 Å². The van der Waals surface area contributed by atoms with Gasteiger partial charge in [0.05, 0.1) is 11.8 Å². The van der Waals surface area contributed by atoms with Crippen molar-refractivity contribution in [2.75, 3.05) is 33.4 Å². The number of nitrogens with zero attached hydrogens (tertiary/aromatic N) is 4. The van der Waals surface area contributed by atoms with Crippen molar-refractivity contribution >= 4 is 17.8 Å². The highest BCUT2D eigenvalue weighted by atomic mass is 19.1. The number of carbonyl (C=O) groups is 3. The van der Waals surface area contributed by atoms with Crippen molar-refractivity contribution in [3.63, 3.8) is 0 Å². The lowest BCUT2D eigenvalue weighted by Gasteiger charge is -2.40. The Morgan fingerprint density at radius 1 is 1.16 bits per heavy atom. The maximum Gasteiger partial charge on any atom is 0.328 e. The fourth-order valence-electron chi connectivity index (χ4n) is 5.13. The van der Waals surface area contributed by atoms with Crippen LogP contribution in [0.25, 0.3) is 5.69 Å². The normalized spacial score (nSPS) is 17.2. The van der Waals surface area contributed by atoms with Gasteiger partial charge in [-0.1, -0.05) is 44.5 Å². The van der Waals surface area contributed by atoms with E-state index in [1.54, 1.807) is 25.3 Å². The summed E-state index contributed by atoms with van der Waals surface area (Å²) < 4.78 is 21.3. The number of hydrogen-bond donors (Lipinski definition) is 4. The summed E-state index contributed by atoms with van der Waals surface area (Å²) in [7, 11) is 1.66. The fraction of sp³-hybridized carbons (Fsp3) is 0.581. The van der Waals surface area contributed by atoms with Gasteiger partial charge < -0.3 is 30.3 Å². The van der Waals surface area contributed by atoms with Gasteiger partial charge in [-0.15, -0.1) is 5.10 Å². The molecule has 1 fully saturated rings. The number of nitrogens with one attached hydrogen (secondary N) is 1. The van der Waals surface area contributed by atoms with E-state index >= 15 is 0 Å². The van der Waals surface area contributed by atoms with Gasteiger partial charge >= 0.3 is 11.9 Å². The van der Waals surface area contributed by atoms with E-state index in [1.165, 1.54) is 10.7 Å². The largest absolute Gasteiger partial charge is 0.478 e. The summed E-state index contributed by atoms with van der Waals surface area (Å²) in [4.78, 5) is 35.0. The van der Waals surface area contributed by atoms with Crippen molar-refractivity contribution in [3.05, 3.63) is 53.6 Å². The average molecular weight is 620 g/mol. The van der Waals surface area contributed by atoms with Gasteiger partial charge in [0.15, 0.2) is 5.69 Å². The number of hydrogen-bond acceptors (Lipinski definition) is 8. The standard InChI is InChI=1S/C27H42FN5O3.C4H4O4/c1-5-10-25(34)20-15-21(17-29-16-20)32(18-19(2)3)27(35)26-24(13-8-9-14-36-4)33(31-30-26)23-12-7-6-11-22(23)28;5-3(6)1-2-4(7)8/h6-7,11-12,19-21,25,29,34H,5,8-10,13-18H2,1-4H3;1-2H,(H,5,6)(H,7,8)/b;2-1+/t20-,21+,25?;/m1./s1. The molecule has 1 amide bonds. The lowest BCUT2D eigenvalue weighted by atomic mass is 9.87. The van der Waals surface area contributed by atoms with Crippen LogP contribution in [-0.4, -0.2) is 98.6 Å². The molecule has 1 unspecified atom stereocenters. The number of unbranched alkanes of at least 4 members (excludes halogenated alkanes) is 1. The monoisotopic (exact) mass is 619 g/mol. The maximum atomic E-state index is 14.7. The van der Waals surface area contributed by atoms with Crippen LogP contribution >= 0.6 is 0 Å². The van der Waals surface area contributed by atoms with Crippen LogP contribution in [0.4, 0.5) is 4.39 Å². The molecule has 2 aromatic rings. The van der Waals surface area contributed by atoms with E-state index in [4.69, 9.17) is 14.9 Å². The number of carbonyl (C=O) groups excluding carboxylic acids is 1.